The number of nitrogens with one attached hydrogen (secondary N) is 1. The van der Waals surface area contributed by atoms with E-state index in [4.69, 9.17) is 0 Å². The molecule has 1 atom stereocenters. The van der Waals surface area contributed by atoms with Gasteiger partial charge in [0, 0.05) is 19.8 Å². The van der Waals surface area contributed by atoms with Crippen LogP contribution in [0.3, 0.4) is 0 Å². The summed E-state index contributed by atoms with van der Waals surface area (Å²) in [7, 11) is -1.61. The highest BCUT2D eigenvalue weighted by molar-refractivity contribution is 7.89. The zero-order valence-electron chi connectivity index (χ0n) is 10.5. The van der Waals surface area contributed by atoms with Crippen LogP contribution in [0.2, 0.25) is 0 Å². The van der Waals surface area contributed by atoms with Crippen molar-refractivity contribution in [2.24, 2.45) is 0 Å². The summed E-state index contributed by atoms with van der Waals surface area (Å²) < 4.78 is 26.1. The van der Waals surface area contributed by atoms with Gasteiger partial charge in [-0.25, -0.2) is 8.42 Å². The van der Waals surface area contributed by atoms with Crippen LogP contribution in [-0.2, 0) is 16.6 Å². The van der Waals surface area contributed by atoms with Crippen LogP contribution in [0.1, 0.15) is 18.5 Å². The highest BCUT2D eigenvalue weighted by atomic mass is 32.2. The number of aromatic nitrogens is 1. The summed E-state index contributed by atoms with van der Waals surface area (Å²) in [4.78, 5) is 4.16. The van der Waals surface area contributed by atoms with Crippen LogP contribution in [0.15, 0.2) is 24.4 Å². The van der Waals surface area contributed by atoms with Gasteiger partial charge in [0.1, 0.15) is 0 Å². The second-order valence-electron chi connectivity index (χ2n) is 4.59. The number of sulfonamides is 1. The van der Waals surface area contributed by atoms with Crippen molar-refractivity contribution in [2.45, 2.75) is 24.6 Å². The molecule has 2 heterocycles. The van der Waals surface area contributed by atoms with Gasteiger partial charge < -0.3 is 5.32 Å². The zero-order valence-corrected chi connectivity index (χ0v) is 11.4. The second kappa shape index (κ2) is 5.77. The molecule has 2 rings (SSSR count). The molecular formula is C12H19N3O2S. The van der Waals surface area contributed by atoms with E-state index in [0.29, 0.717) is 13.1 Å². The minimum Gasteiger partial charge on any atom is -0.315 e. The Labute approximate surface area is 108 Å². The average Bonchev–Trinajstić information content (AvgIpc) is 2.41. The summed E-state index contributed by atoms with van der Waals surface area (Å²) >= 11 is 0. The van der Waals surface area contributed by atoms with Crippen molar-refractivity contribution in [3.8, 4) is 0 Å². The SMILES string of the molecule is CN(Cc1ccccn1)S(=O)(=O)C1CCCNC1. The third kappa shape index (κ3) is 3.07. The standard InChI is InChI=1S/C12H19N3O2S/c1-15(10-11-5-2-3-8-14-11)18(16,17)12-6-4-7-13-9-12/h2-3,5,8,12-13H,4,6-7,9-10H2,1H3. The summed E-state index contributed by atoms with van der Waals surface area (Å²) in [5.74, 6) is 0. The summed E-state index contributed by atoms with van der Waals surface area (Å²) in [5.41, 5.74) is 0.771. The highest BCUT2D eigenvalue weighted by Gasteiger charge is 2.30. The van der Waals surface area contributed by atoms with E-state index in [0.717, 1.165) is 25.1 Å². The van der Waals surface area contributed by atoms with Crippen LogP contribution in [0.4, 0.5) is 0 Å². The molecular weight excluding hydrogens is 250 g/mol. The summed E-state index contributed by atoms with van der Waals surface area (Å²) in [5, 5.41) is 2.83. The first-order chi connectivity index (χ1) is 8.60. The maximum Gasteiger partial charge on any atom is 0.218 e. The summed E-state index contributed by atoms with van der Waals surface area (Å²) in [6.45, 7) is 1.80. The van der Waals surface area contributed by atoms with E-state index in [1.807, 2.05) is 18.2 Å². The van der Waals surface area contributed by atoms with E-state index in [2.05, 4.69) is 10.3 Å². The fourth-order valence-corrected chi connectivity index (χ4v) is 3.75. The average molecular weight is 269 g/mol. The van der Waals surface area contributed by atoms with Crippen LogP contribution in [0, 0.1) is 0 Å². The molecule has 6 heteroatoms. The van der Waals surface area contributed by atoms with Crippen LogP contribution in [-0.4, -0.2) is 43.1 Å². The van der Waals surface area contributed by atoms with Crippen molar-refractivity contribution in [2.75, 3.05) is 20.1 Å². The quantitative estimate of drug-likeness (QED) is 0.869. The molecule has 0 aromatic carbocycles. The molecule has 1 aromatic heterocycles. The Morgan fingerprint density at radius 3 is 2.94 bits per heavy atom. The monoisotopic (exact) mass is 269 g/mol. The first-order valence-corrected chi connectivity index (χ1v) is 7.67. The van der Waals surface area contributed by atoms with Crippen LogP contribution in [0.5, 0.6) is 0 Å². The van der Waals surface area contributed by atoms with Crippen molar-refractivity contribution in [3.05, 3.63) is 30.1 Å². The van der Waals surface area contributed by atoms with Crippen LogP contribution in [0.25, 0.3) is 0 Å². The fraction of sp³-hybridized carbons (Fsp3) is 0.583. The molecule has 1 unspecified atom stereocenters. The van der Waals surface area contributed by atoms with Gasteiger partial charge in [-0.1, -0.05) is 6.07 Å². The molecule has 1 saturated heterocycles. The Bertz CT molecular complexity index is 469. The molecule has 1 fully saturated rings. The first kappa shape index (κ1) is 13.5. The number of nitrogens with zero attached hydrogens (tertiary/aromatic N) is 2. The van der Waals surface area contributed by atoms with Gasteiger partial charge in [-0.3, -0.25) is 4.98 Å². The molecule has 0 amide bonds. The first-order valence-electron chi connectivity index (χ1n) is 6.16. The minimum absolute atomic E-state index is 0.306. The molecule has 0 bridgehead atoms. The molecule has 0 aliphatic carbocycles. The molecule has 1 aliphatic heterocycles. The predicted molar refractivity (Wildman–Crippen MR) is 70.5 cm³/mol. The molecule has 18 heavy (non-hydrogen) atoms. The fourth-order valence-electron chi connectivity index (χ4n) is 2.14. The lowest BCUT2D eigenvalue weighted by Crippen LogP contribution is -2.44. The topological polar surface area (TPSA) is 62.3 Å². The largest absolute Gasteiger partial charge is 0.315 e. The normalized spacial score (nSPS) is 21.1. The number of rotatable bonds is 4. The molecule has 5 nitrogen and oxygen atoms in total. The lowest BCUT2D eigenvalue weighted by Gasteiger charge is -2.27. The van der Waals surface area contributed by atoms with Crippen molar-refractivity contribution >= 4 is 10.0 Å². The summed E-state index contributed by atoms with van der Waals surface area (Å²) in [6.07, 6.45) is 3.33. The third-order valence-corrected chi connectivity index (χ3v) is 5.46. The second-order valence-corrected chi connectivity index (χ2v) is 6.91. The van der Waals surface area contributed by atoms with Gasteiger partial charge in [-0.15, -0.1) is 0 Å². The molecule has 100 valence electrons. The minimum atomic E-state index is -3.23. The van der Waals surface area contributed by atoms with Gasteiger partial charge in [0.2, 0.25) is 10.0 Å². The summed E-state index contributed by atoms with van der Waals surface area (Å²) in [6, 6.07) is 5.53. The smallest absolute Gasteiger partial charge is 0.218 e. The third-order valence-electron chi connectivity index (χ3n) is 3.22. The van der Waals surface area contributed by atoms with Crippen molar-refractivity contribution in [1.29, 1.82) is 0 Å². The number of hydrogen-bond acceptors (Lipinski definition) is 4. The van der Waals surface area contributed by atoms with Crippen molar-refractivity contribution in [1.82, 2.24) is 14.6 Å². The van der Waals surface area contributed by atoms with Gasteiger partial charge in [0.05, 0.1) is 17.5 Å². The van der Waals surface area contributed by atoms with Gasteiger partial charge in [-0.2, -0.15) is 4.31 Å². The molecule has 0 saturated carbocycles. The van der Waals surface area contributed by atoms with E-state index in [1.54, 1.807) is 13.2 Å². The van der Waals surface area contributed by atoms with Crippen LogP contribution >= 0.6 is 0 Å². The Kier molecular flexibility index (Phi) is 4.31. The maximum absolute atomic E-state index is 12.3. The molecule has 1 aromatic rings. The molecule has 1 aliphatic rings. The van der Waals surface area contributed by atoms with Gasteiger partial charge >= 0.3 is 0 Å². The number of hydrogen-bond donors (Lipinski definition) is 1. The lowest BCUT2D eigenvalue weighted by molar-refractivity contribution is 0.426. The highest BCUT2D eigenvalue weighted by Crippen LogP contribution is 2.16. The molecule has 1 N–H and O–H groups in total. The predicted octanol–water partition coefficient (Wildman–Crippen LogP) is 0.595. The van der Waals surface area contributed by atoms with E-state index in [9.17, 15) is 8.42 Å². The molecule has 0 radical (unpaired) electrons. The Morgan fingerprint density at radius 2 is 2.33 bits per heavy atom. The van der Waals surface area contributed by atoms with Gasteiger partial charge in [0.25, 0.3) is 0 Å². The number of pyridine rings is 1. The number of piperidine rings is 1. The maximum atomic E-state index is 12.3. The lowest BCUT2D eigenvalue weighted by atomic mass is 10.2. The Balaban J connectivity index is 2.05. The van der Waals surface area contributed by atoms with Crippen molar-refractivity contribution in [3.63, 3.8) is 0 Å². The van der Waals surface area contributed by atoms with E-state index < -0.39 is 10.0 Å². The van der Waals surface area contributed by atoms with E-state index in [-0.39, 0.29) is 5.25 Å². The van der Waals surface area contributed by atoms with E-state index >= 15 is 0 Å². The van der Waals surface area contributed by atoms with Crippen molar-refractivity contribution < 1.29 is 8.42 Å². The Morgan fingerprint density at radius 1 is 1.50 bits per heavy atom. The Hall–Kier alpha value is -0.980. The van der Waals surface area contributed by atoms with Gasteiger partial charge in [0.15, 0.2) is 0 Å². The zero-order chi connectivity index (χ0) is 13.0. The van der Waals surface area contributed by atoms with Gasteiger partial charge in [-0.05, 0) is 31.5 Å². The van der Waals surface area contributed by atoms with Crippen LogP contribution < -0.4 is 5.32 Å². The molecule has 0 spiro atoms. The van der Waals surface area contributed by atoms with E-state index in [1.165, 1.54) is 4.31 Å².